The number of pyridine rings is 1. The molecule has 0 N–H and O–H groups in total. The summed E-state index contributed by atoms with van der Waals surface area (Å²) in [5.74, 6) is 1.38. The van der Waals surface area contributed by atoms with E-state index in [9.17, 15) is 0 Å². The highest BCUT2D eigenvalue weighted by Gasteiger charge is 2.09. The molecule has 0 bridgehead atoms. The Kier molecular flexibility index (Phi) is 3.05. The Morgan fingerprint density at radius 2 is 1.72 bits per heavy atom. The second kappa shape index (κ2) is 4.70. The number of ether oxygens (including phenoxy) is 1. The van der Waals surface area contributed by atoms with Crippen LogP contribution in [0.15, 0.2) is 51.7 Å². The van der Waals surface area contributed by atoms with Crippen molar-refractivity contribution >= 4 is 37.5 Å². The van der Waals surface area contributed by atoms with E-state index in [2.05, 4.69) is 42.1 Å². The van der Waals surface area contributed by atoms with Gasteiger partial charge < -0.3 is 4.74 Å². The molecule has 90 valence electrons. The van der Waals surface area contributed by atoms with E-state index in [-0.39, 0.29) is 0 Å². The van der Waals surface area contributed by atoms with Crippen molar-refractivity contribution in [2.24, 2.45) is 0 Å². The van der Waals surface area contributed by atoms with Crippen LogP contribution in [-0.2, 0) is 0 Å². The molecule has 2 aromatic heterocycles. The lowest BCUT2D eigenvalue weighted by atomic mass is 10.3. The molecule has 0 saturated heterocycles. The number of benzene rings is 1. The smallest absolute Gasteiger partial charge is 0.207 e. The SMILES string of the molecule is Brc1cccc(Br)c1Oc1cccc2nncn12. The summed E-state index contributed by atoms with van der Waals surface area (Å²) >= 11 is 6.93. The van der Waals surface area contributed by atoms with E-state index in [0.29, 0.717) is 5.88 Å². The van der Waals surface area contributed by atoms with Crippen LogP contribution in [0.25, 0.3) is 5.65 Å². The highest BCUT2D eigenvalue weighted by molar-refractivity contribution is 9.11. The Bertz CT molecular complexity index is 691. The minimum atomic E-state index is 0.658. The van der Waals surface area contributed by atoms with Crippen LogP contribution in [-0.4, -0.2) is 14.6 Å². The molecule has 0 fully saturated rings. The molecule has 0 unspecified atom stereocenters. The molecule has 3 rings (SSSR count). The van der Waals surface area contributed by atoms with Gasteiger partial charge in [-0.05, 0) is 56.1 Å². The fourth-order valence-corrected chi connectivity index (χ4v) is 2.75. The number of halogens is 2. The third-order valence-electron chi connectivity index (χ3n) is 2.42. The van der Waals surface area contributed by atoms with Crippen LogP contribution < -0.4 is 4.74 Å². The van der Waals surface area contributed by atoms with E-state index in [1.54, 1.807) is 10.7 Å². The van der Waals surface area contributed by atoms with Gasteiger partial charge in [0.25, 0.3) is 0 Å². The van der Waals surface area contributed by atoms with E-state index in [1.807, 2.05) is 36.4 Å². The van der Waals surface area contributed by atoms with E-state index in [0.717, 1.165) is 20.3 Å². The zero-order valence-electron chi connectivity index (χ0n) is 9.05. The molecule has 0 radical (unpaired) electrons. The van der Waals surface area contributed by atoms with E-state index < -0.39 is 0 Å². The first-order valence-corrected chi connectivity index (χ1v) is 6.75. The van der Waals surface area contributed by atoms with Gasteiger partial charge in [-0.25, -0.2) is 0 Å². The number of fused-ring (bicyclic) bond motifs is 1. The van der Waals surface area contributed by atoms with Crippen molar-refractivity contribution < 1.29 is 4.74 Å². The fourth-order valence-electron chi connectivity index (χ4n) is 1.59. The summed E-state index contributed by atoms with van der Waals surface area (Å²) in [5, 5.41) is 7.83. The van der Waals surface area contributed by atoms with Crippen LogP contribution in [0.3, 0.4) is 0 Å². The van der Waals surface area contributed by atoms with E-state index >= 15 is 0 Å². The molecule has 1 aromatic carbocycles. The molecule has 4 nitrogen and oxygen atoms in total. The molecule has 2 heterocycles. The summed E-state index contributed by atoms with van der Waals surface area (Å²) in [6, 6.07) is 11.4. The molecular weight excluding hydrogens is 362 g/mol. The molecule has 0 atom stereocenters. The summed E-state index contributed by atoms with van der Waals surface area (Å²) in [6.07, 6.45) is 1.62. The fraction of sp³-hybridized carbons (Fsp3) is 0. The van der Waals surface area contributed by atoms with Crippen LogP contribution in [0.4, 0.5) is 0 Å². The Balaban J connectivity index is 2.09. The number of nitrogens with zero attached hydrogens (tertiary/aromatic N) is 3. The van der Waals surface area contributed by atoms with Gasteiger partial charge in [-0.2, -0.15) is 0 Å². The number of rotatable bonds is 2. The highest BCUT2D eigenvalue weighted by atomic mass is 79.9. The highest BCUT2D eigenvalue weighted by Crippen LogP contribution is 2.36. The van der Waals surface area contributed by atoms with Crippen LogP contribution >= 0.6 is 31.9 Å². The van der Waals surface area contributed by atoms with Crippen molar-refractivity contribution in [3.8, 4) is 11.6 Å². The molecule has 0 aliphatic carbocycles. The Morgan fingerprint density at radius 3 is 2.50 bits per heavy atom. The lowest BCUT2D eigenvalue weighted by Crippen LogP contribution is -1.93. The van der Waals surface area contributed by atoms with Crippen molar-refractivity contribution in [3.63, 3.8) is 0 Å². The van der Waals surface area contributed by atoms with Gasteiger partial charge in [0.2, 0.25) is 5.88 Å². The van der Waals surface area contributed by atoms with Gasteiger partial charge in [-0.15, -0.1) is 10.2 Å². The van der Waals surface area contributed by atoms with Crippen molar-refractivity contribution in [1.82, 2.24) is 14.6 Å². The first kappa shape index (κ1) is 11.7. The predicted octanol–water partition coefficient (Wildman–Crippen LogP) is 4.05. The predicted molar refractivity (Wildman–Crippen MR) is 74.9 cm³/mol. The molecule has 0 amide bonds. The maximum Gasteiger partial charge on any atom is 0.207 e. The number of aromatic nitrogens is 3. The van der Waals surface area contributed by atoms with Crippen molar-refractivity contribution in [1.29, 1.82) is 0 Å². The maximum absolute atomic E-state index is 5.90. The van der Waals surface area contributed by atoms with Gasteiger partial charge in [-0.1, -0.05) is 12.1 Å². The minimum absolute atomic E-state index is 0.658. The van der Waals surface area contributed by atoms with Crippen molar-refractivity contribution in [2.75, 3.05) is 0 Å². The van der Waals surface area contributed by atoms with Crippen molar-refractivity contribution in [2.45, 2.75) is 0 Å². The maximum atomic E-state index is 5.90. The molecular formula is C12H7Br2N3O. The van der Waals surface area contributed by atoms with Crippen LogP contribution in [0.5, 0.6) is 11.6 Å². The molecule has 3 aromatic rings. The van der Waals surface area contributed by atoms with Gasteiger partial charge in [0, 0.05) is 0 Å². The standard InChI is InChI=1S/C12H7Br2N3O/c13-8-3-1-4-9(14)12(8)18-11-6-2-5-10-16-15-7-17(10)11/h1-7H. The summed E-state index contributed by atoms with van der Waals surface area (Å²) in [5.41, 5.74) is 0.746. The molecule has 0 aliphatic rings. The second-order valence-electron chi connectivity index (χ2n) is 3.58. The van der Waals surface area contributed by atoms with Crippen LogP contribution in [0, 0.1) is 0 Å². The summed E-state index contributed by atoms with van der Waals surface area (Å²) in [4.78, 5) is 0. The third-order valence-corrected chi connectivity index (χ3v) is 3.67. The molecule has 6 heteroatoms. The first-order valence-electron chi connectivity index (χ1n) is 5.16. The zero-order valence-corrected chi connectivity index (χ0v) is 12.2. The second-order valence-corrected chi connectivity index (χ2v) is 5.28. The topological polar surface area (TPSA) is 39.4 Å². The monoisotopic (exact) mass is 367 g/mol. The molecule has 0 saturated carbocycles. The number of hydrogen-bond acceptors (Lipinski definition) is 3. The van der Waals surface area contributed by atoms with Crippen molar-refractivity contribution in [3.05, 3.63) is 51.7 Å². The largest absolute Gasteiger partial charge is 0.438 e. The number of hydrogen-bond donors (Lipinski definition) is 0. The Hall–Kier alpha value is -1.40. The summed E-state index contributed by atoms with van der Waals surface area (Å²) in [7, 11) is 0. The molecule has 0 spiro atoms. The Labute approximate surface area is 120 Å². The van der Waals surface area contributed by atoms with Crippen LogP contribution in [0.2, 0.25) is 0 Å². The molecule has 0 aliphatic heterocycles. The zero-order chi connectivity index (χ0) is 12.5. The summed E-state index contributed by atoms with van der Waals surface area (Å²) in [6.45, 7) is 0. The van der Waals surface area contributed by atoms with E-state index in [1.165, 1.54) is 0 Å². The van der Waals surface area contributed by atoms with Gasteiger partial charge in [0.1, 0.15) is 6.33 Å². The minimum Gasteiger partial charge on any atom is -0.438 e. The Morgan fingerprint density at radius 1 is 1.00 bits per heavy atom. The average Bonchev–Trinajstić information content (AvgIpc) is 2.83. The van der Waals surface area contributed by atoms with Gasteiger partial charge in [-0.3, -0.25) is 4.40 Å². The average molecular weight is 369 g/mol. The lowest BCUT2D eigenvalue weighted by molar-refractivity contribution is 0.450. The first-order chi connectivity index (χ1) is 8.75. The third kappa shape index (κ3) is 2.02. The van der Waals surface area contributed by atoms with Gasteiger partial charge in [0.15, 0.2) is 11.4 Å². The molecule has 18 heavy (non-hydrogen) atoms. The number of para-hydroxylation sites is 1. The van der Waals surface area contributed by atoms with Gasteiger partial charge >= 0.3 is 0 Å². The van der Waals surface area contributed by atoms with Crippen LogP contribution in [0.1, 0.15) is 0 Å². The summed E-state index contributed by atoms with van der Waals surface area (Å²) < 4.78 is 9.44. The van der Waals surface area contributed by atoms with E-state index in [4.69, 9.17) is 4.74 Å². The quantitative estimate of drug-likeness (QED) is 0.685. The van der Waals surface area contributed by atoms with Gasteiger partial charge in [0.05, 0.1) is 8.95 Å². The lowest BCUT2D eigenvalue weighted by Gasteiger charge is -2.10. The normalized spacial score (nSPS) is 10.8.